The van der Waals surface area contributed by atoms with Crippen molar-refractivity contribution in [3.63, 3.8) is 0 Å². The first-order chi connectivity index (χ1) is 7.06. The van der Waals surface area contributed by atoms with E-state index in [0.29, 0.717) is 17.7 Å². The van der Waals surface area contributed by atoms with Gasteiger partial charge in [-0.25, -0.2) is 4.68 Å². The van der Waals surface area contributed by atoms with E-state index in [-0.39, 0.29) is 0 Å². The van der Waals surface area contributed by atoms with Crippen LogP contribution in [0, 0.1) is 5.92 Å². The highest BCUT2D eigenvalue weighted by atomic mass is 35.5. The van der Waals surface area contributed by atoms with Crippen LogP contribution in [0.15, 0.2) is 0 Å². The van der Waals surface area contributed by atoms with E-state index in [2.05, 4.69) is 38.0 Å². The quantitative estimate of drug-likeness (QED) is 0.726. The summed E-state index contributed by atoms with van der Waals surface area (Å²) in [6.45, 7) is 9.68. The number of hydrogen-bond acceptors (Lipinski definition) is 2. The molecule has 1 heterocycles. The van der Waals surface area contributed by atoms with Crippen molar-refractivity contribution < 1.29 is 0 Å². The van der Waals surface area contributed by atoms with Crippen LogP contribution in [0.2, 0.25) is 0 Å². The van der Waals surface area contributed by atoms with Gasteiger partial charge in [-0.2, -0.15) is 0 Å². The van der Waals surface area contributed by atoms with E-state index in [9.17, 15) is 0 Å². The maximum Gasteiger partial charge on any atom is 0.101 e. The highest BCUT2D eigenvalue weighted by Crippen LogP contribution is 2.19. The van der Waals surface area contributed by atoms with Gasteiger partial charge < -0.3 is 0 Å². The highest BCUT2D eigenvalue weighted by molar-refractivity contribution is 6.16. The number of hydrogen-bond donors (Lipinski definition) is 0. The van der Waals surface area contributed by atoms with Crippen LogP contribution in [0.5, 0.6) is 0 Å². The maximum atomic E-state index is 5.84. The Morgan fingerprint density at radius 2 is 1.93 bits per heavy atom. The number of rotatable bonds is 5. The van der Waals surface area contributed by atoms with Crippen LogP contribution in [0.4, 0.5) is 0 Å². The molecular weight excluding hydrogens is 210 g/mol. The number of aromatic nitrogens is 3. The second-order valence-electron chi connectivity index (χ2n) is 4.62. The second kappa shape index (κ2) is 5.50. The SMILES string of the molecule is CC(C)CCn1nnc(CCl)c1C(C)C. The topological polar surface area (TPSA) is 30.7 Å². The average molecular weight is 230 g/mol. The van der Waals surface area contributed by atoms with E-state index >= 15 is 0 Å². The summed E-state index contributed by atoms with van der Waals surface area (Å²) in [5.41, 5.74) is 2.11. The third-order valence-electron chi connectivity index (χ3n) is 2.44. The van der Waals surface area contributed by atoms with Crippen LogP contribution in [0.25, 0.3) is 0 Å². The van der Waals surface area contributed by atoms with Crippen molar-refractivity contribution in [2.75, 3.05) is 0 Å². The van der Waals surface area contributed by atoms with Gasteiger partial charge in [0.15, 0.2) is 0 Å². The van der Waals surface area contributed by atoms with Crippen LogP contribution in [-0.2, 0) is 12.4 Å². The summed E-state index contributed by atoms with van der Waals surface area (Å²) in [6, 6.07) is 0. The largest absolute Gasteiger partial charge is 0.249 e. The Bertz CT molecular complexity index is 305. The molecular formula is C11H20ClN3. The highest BCUT2D eigenvalue weighted by Gasteiger charge is 2.15. The lowest BCUT2D eigenvalue weighted by Crippen LogP contribution is -2.09. The fourth-order valence-corrected chi connectivity index (χ4v) is 1.82. The minimum Gasteiger partial charge on any atom is -0.249 e. The van der Waals surface area contributed by atoms with Gasteiger partial charge in [-0.05, 0) is 18.3 Å². The molecule has 0 N–H and O–H groups in total. The van der Waals surface area contributed by atoms with Crippen molar-refractivity contribution in [1.82, 2.24) is 15.0 Å². The fourth-order valence-electron chi connectivity index (χ4n) is 1.63. The molecule has 0 unspecified atom stereocenters. The molecule has 0 saturated carbocycles. The molecule has 0 radical (unpaired) electrons. The Kier molecular flexibility index (Phi) is 4.58. The van der Waals surface area contributed by atoms with Gasteiger partial charge in [0.05, 0.1) is 11.6 Å². The molecule has 0 spiro atoms. The van der Waals surface area contributed by atoms with Gasteiger partial charge in [-0.1, -0.05) is 32.9 Å². The molecule has 86 valence electrons. The van der Waals surface area contributed by atoms with E-state index in [4.69, 9.17) is 11.6 Å². The van der Waals surface area contributed by atoms with E-state index in [1.54, 1.807) is 0 Å². The fraction of sp³-hybridized carbons (Fsp3) is 0.818. The molecule has 0 saturated heterocycles. The normalized spacial score (nSPS) is 11.7. The molecule has 0 aliphatic carbocycles. The number of alkyl halides is 1. The molecule has 15 heavy (non-hydrogen) atoms. The standard InChI is InChI=1S/C11H20ClN3/c1-8(2)5-6-15-11(9(3)4)10(7-12)13-14-15/h8-9H,5-7H2,1-4H3. The second-order valence-corrected chi connectivity index (χ2v) is 4.88. The summed E-state index contributed by atoms with van der Waals surface area (Å²) in [7, 11) is 0. The van der Waals surface area contributed by atoms with Gasteiger partial charge in [0.1, 0.15) is 5.69 Å². The lowest BCUT2D eigenvalue weighted by molar-refractivity contribution is 0.461. The first kappa shape index (κ1) is 12.5. The zero-order valence-electron chi connectivity index (χ0n) is 10.00. The minimum absolute atomic E-state index is 0.431. The molecule has 0 aliphatic heterocycles. The molecule has 0 bridgehead atoms. The molecule has 1 aromatic heterocycles. The van der Waals surface area contributed by atoms with E-state index < -0.39 is 0 Å². The molecule has 0 aromatic carbocycles. The maximum absolute atomic E-state index is 5.84. The number of halogens is 1. The first-order valence-electron chi connectivity index (χ1n) is 5.54. The minimum atomic E-state index is 0.431. The third-order valence-corrected chi connectivity index (χ3v) is 2.69. The summed E-state index contributed by atoms with van der Waals surface area (Å²) >= 11 is 5.84. The monoisotopic (exact) mass is 229 g/mol. The van der Waals surface area contributed by atoms with Crippen LogP contribution in [0.1, 0.15) is 51.4 Å². The summed E-state index contributed by atoms with van der Waals surface area (Å²) < 4.78 is 2.00. The Morgan fingerprint density at radius 1 is 1.27 bits per heavy atom. The van der Waals surface area contributed by atoms with Crippen molar-refractivity contribution in [3.8, 4) is 0 Å². The molecule has 0 aliphatic rings. The Hall–Kier alpha value is -0.570. The third kappa shape index (κ3) is 3.20. The lowest BCUT2D eigenvalue weighted by atomic mass is 10.1. The van der Waals surface area contributed by atoms with Crippen molar-refractivity contribution >= 4 is 11.6 Å². The predicted octanol–water partition coefficient (Wildman–Crippen LogP) is 3.19. The predicted molar refractivity (Wildman–Crippen MR) is 63.1 cm³/mol. The van der Waals surface area contributed by atoms with Gasteiger partial charge in [-0.3, -0.25) is 0 Å². The summed E-state index contributed by atoms with van der Waals surface area (Å²) in [5, 5.41) is 8.28. The Balaban J connectivity index is 2.82. The van der Waals surface area contributed by atoms with Crippen molar-refractivity contribution in [2.45, 2.75) is 52.5 Å². The van der Waals surface area contributed by atoms with Gasteiger partial charge >= 0.3 is 0 Å². The molecule has 4 heteroatoms. The van der Waals surface area contributed by atoms with E-state index in [1.807, 2.05) is 4.68 Å². The molecule has 0 atom stereocenters. The van der Waals surface area contributed by atoms with Crippen molar-refractivity contribution in [3.05, 3.63) is 11.4 Å². The van der Waals surface area contributed by atoms with E-state index in [0.717, 1.165) is 18.7 Å². The zero-order valence-corrected chi connectivity index (χ0v) is 10.8. The number of aryl methyl sites for hydroxylation is 1. The van der Waals surface area contributed by atoms with Gasteiger partial charge in [0.2, 0.25) is 0 Å². The molecule has 1 aromatic rings. The molecule has 0 fully saturated rings. The lowest BCUT2D eigenvalue weighted by Gasteiger charge is -2.11. The molecule has 3 nitrogen and oxygen atoms in total. The van der Waals surface area contributed by atoms with Crippen LogP contribution >= 0.6 is 11.6 Å². The van der Waals surface area contributed by atoms with Gasteiger partial charge in [-0.15, -0.1) is 16.7 Å². The van der Waals surface area contributed by atoms with Crippen LogP contribution in [-0.4, -0.2) is 15.0 Å². The number of nitrogens with zero attached hydrogens (tertiary/aromatic N) is 3. The smallest absolute Gasteiger partial charge is 0.101 e. The van der Waals surface area contributed by atoms with Crippen molar-refractivity contribution in [1.29, 1.82) is 0 Å². The Morgan fingerprint density at radius 3 is 2.40 bits per heavy atom. The average Bonchev–Trinajstić information content (AvgIpc) is 2.57. The summed E-state index contributed by atoms with van der Waals surface area (Å²) in [5.74, 6) is 1.57. The molecule has 1 rings (SSSR count). The summed E-state index contributed by atoms with van der Waals surface area (Å²) in [6.07, 6.45) is 1.13. The summed E-state index contributed by atoms with van der Waals surface area (Å²) in [4.78, 5) is 0. The zero-order chi connectivity index (χ0) is 11.4. The van der Waals surface area contributed by atoms with Crippen LogP contribution < -0.4 is 0 Å². The van der Waals surface area contributed by atoms with Crippen LogP contribution in [0.3, 0.4) is 0 Å². The van der Waals surface area contributed by atoms with E-state index in [1.165, 1.54) is 5.69 Å². The van der Waals surface area contributed by atoms with Gasteiger partial charge in [0.25, 0.3) is 0 Å². The Labute approximate surface area is 96.8 Å². The first-order valence-corrected chi connectivity index (χ1v) is 6.08. The molecule has 0 amide bonds. The van der Waals surface area contributed by atoms with Gasteiger partial charge in [0, 0.05) is 6.54 Å². The van der Waals surface area contributed by atoms with Crippen molar-refractivity contribution in [2.24, 2.45) is 5.92 Å².